The second-order valence-electron chi connectivity index (χ2n) is 11.6. The molecule has 0 rings (SSSR count). The second kappa shape index (κ2) is 25.1. The Labute approximate surface area is 257 Å². The average molecular weight is 619 g/mol. The zero-order chi connectivity index (χ0) is 32.6. The van der Waals surface area contributed by atoms with Crippen molar-refractivity contribution in [1.82, 2.24) is 0 Å². The zero-order valence-corrected chi connectivity index (χ0v) is 26.8. The number of aliphatic carboxylic acids is 1. The molecular formula is C32H58O11. The second-order valence-corrected chi connectivity index (χ2v) is 11.6. The van der Waals surface area contributed by atoms with Crippen LogP contribution in [0.25, 0.3) is 0 Å². The minimum atomic E-state index is -1.16. The number of esters is 3. The summed E-state index contributed by atoms with van der Waals surface area (Å²) in [6.07, 6.45) is 3.40. The van der Waals surface area contributed by atoms with E-state index in [0.717, 1.165) is 57.8 Å². The van der Waals surface area contributed by atoms with E-state index in [2.05, 4.69) is 6.92 Å². The smallest absolute Gasteiger partial charge is 0.308 e. The van der Waals surface area contributed by atoms with Gasteiger partial charge in [-0.05, 0) is 38.5 Å². The van der Waals surface area contributed by atoms with Crippen LogP contribution in [0.4, 0.5) is 0 Å². The highest BCUT2D eigenvalue weighted by Crippen LogP contribution is 2.20. The lowest BCUT2D eigenvalue weighted by Crippen LogP contribution is -2.31. The summed E-state index contributed by atoms with van der Waals surface area (Å²) in [5.74, 6) is -3.08. The number of hydrogen-bond acceptors (Lipinski definition) is 10. The van der Waals surface area contributed by atoms with Gasteiger partial charge in [0.05, 0.1) is 37.6 Å². The van der Waals surface area contributed by atoms with Gasteiger partial charge in [0, 0.05) is 19.8 Å². The predicted molar refractivity (Wildman–Crippen MR) is 161 cm³/mol. The largest absolute Gasteiger partial charge is 0.481 e. The molecule has 0 fully saturated rings. The van der Waals surface area contributed by atoms with E-state index in [9.17, 15) is 39.6 Å². The summed E-state index contributed by atoms with van der Waals surface area (Å²) in [7, 11) is 0. The first-order chi connectivity index (χ1) is 20.4. The molecule has 6 atom stereocenters. The molecule has 6 unspecified atom stereocenters. The number of carbonyl (C=O) groups excluding carboxylic acids is 3. The molecule has 0 aromatic rings. The maximum Gasteiger partial charge on any atom is 0.308 e. The standard InChI is InChI=1S/C32H58O11/c1-5-8-11-14-24(34)17-25(35)19-31(39)42-27(15-12-9-6-2)18-26(36)20-32(40)43-28(16-13-10-7-3)21-29(22-30(37)38)41-23(4)33/h24-29,34-36H,5-22H2,1-4H3,(H,37,38). The number of aliphatic hydroxyl groups is 3. The predicted octanol–water partition coefficient (Wildman–Crippen LogP) is 4.99. The van der Waals surface area contributed by atoms with Gasteiger partial charge in [-0.25, -0.2) is 0 Å². The van der Waals surface area contributed by atoms with Crippen LogP contribution in [-0.2, 0) is 33.4 Å². The lowest BCUT2D eigenvalue weighted by Gasteiger charge is -2.24. The van der Waals surface area contributed by atoms with Crippen molar-refractivity contribution in [2.45, 2.75) is 180 Å². The Bertz CT molecular complexity index is 756. The van der Waals surface area contributed by atoms with Crippen molar-refractivity contribution in [1.29, 1.82) is 0 Å². The fraction of sp³-hybridized carbons (Fsp3) is 0.875. The molecule has 0 bridgehead atoms. The van der Waals surface area contributed by atoms with Crippen LogP contribution in [0.2, 0.25) is 0 Å². The topological polar surface area (TPSA) is 177 Å². The van der Waals surface area contributed by atoms with Gasteiger partial charge < -0.3 is 34.6 Å². The van der Waals surface area contributed by atoms with E-state index in [1.807, 2.05) is 13.8 Å². The van der Waals surface area contributed by atoms with Crippen LogP contribution < -0.4 is 0 Å². The number of rotatable bonds is 27. The van der Waals surface area contributed by atoms with Gasteiger partial charge in [-0.1, -0.05) is 65.7 Å². The molecule has 0 aromatic heterocycles. The summed E-state index contributed by atoms with van der Waals surface area (Å²) >= 11 is 0. The summed E-state index contributed by atoms with van der Waals surface area (Å²) in [5, 5.41) is 40.2. The highest BCUT2D eigenvalue weighted by molar-refractivity contribution is 5.71. The van der Waals surface area contributed by atoms with E-state index < -0.39 is 66.9 Å². The number of hydrogen-bond donors (Lipinski definition) is 4. The van der Waals surface area contributed by atoms with E-state index in [-0.39, 0.29) is 32.1 Å². The first-order valence-electron chi connectivity index (χ1n) is 16.2. The van der Waals surface area contributed by atoms with E-state index >= 15 is 0 Å². The number of aliphatic hydroxyl groups excluding tert-OH is 3. The first kappa shape index (κ1) is 40.8. The molecule has 0 aliphatic rings. The summed E-state index contributed by atoms with van der Waals surface area (Å²) in [6.45, 7) is 7.30. The third kappa shape index (κ3) is 23.8. The SMILES string of the molecule is CCCCCC(O)CC(O)CC(=O)OC(CCCCC)CC(O)CC(=O)OC(CCCCC)CC(CC(=O)O)OC(C)=O. The molecule has 0 aliphatic carbocycles. The molecular weight excluding hydrogens is 560 g/mol. The molecule has 0 saturated carbocycles. The minimum Gasteiger partial charge on any atom is -0.481 e. The van der Waals surface area contributed by atoms with Gasteiger partial charge in [-0.2, -0.15) is 0 Å². The third-order valence-electron chi connectivity index (χ3n) is 7.14. The Morgan fingerprint density at radius 3 is 1.42 bits per heavy atom. The molecule has 0 spiro atoms. The van der Waals surface area contributed by atoms with Crippen LogP contribution in [0, 0.1) is 0 Å². The number of unbranched alkanes of at least 4 members (excludes halogenated alkanes) is 6. The first-order valence-corrected chi connectivity index (χ1v) is 16.2. The monoisotopic (exact) mass is 618 g/mol. The number of carboxylic acid groups (broad SMARTS) is 1. The van der Waals surface area contributed by atoms with E-state index in [0.29, 0.717) is 19.3 Å². The van der Waals surface area contributed by atoms with Crippen molar-refractivity contribution in [2.24, 2.45) is 0 Å². The Morgan fingerprint density at radius 1 is 0.535 bits per heavy atom. The molecule has 11 heteroatoms. The third-order valence-corrected chi connectivity index (χ3v) is 7.14. The molecule has 11 nitrogen and oxygen atoms in total. The van der Waals surface area contributed by atoms with Crippen molar-refractivity contribution < 1.29 is 53.8 Å². The van der Waals surface area contributed by atoms with E-state index in [1.54, 1.807) is 0 Å². The summed E-state index contributed by atoms with van der Waals surface area (Å²) < 4.78 is 16.3. The van der Waals surface area contributed by atoms with Gasteiger partial charge >= 0.3 is 23.9 Å². The molecule has 0 saturated heterocycles. The molecule has 0 amide bonds. The Morgan fingerprint density at radius 2 is 0.977 bits per heavy atom. The summed E-state index contributed by atoms with van der Waals surface area (Å²) in [5.41, 5.74) is 0. The van der Waals surface area contributed by atoms with Crippen molar-refractivity contribution in [3.05, 3.63) is 0 Å². The summed E-state index contributed by atoms with van der Waals surface area (Å²) in [4.78, 5) is 48.0. The van der Waals surface area contributed by atoms with Crippen LogP contribution in [0.5, 0.6) is 0 Å². The Balaban J connectivity index is 5.12. The van der Waals surface area contributed by atoms with Gasteiger partial charge in [0.1, 0.15) is 18.3 Å². The molecule has 4 N–H and O–H groups in total. The van der Waals surface area contributed by atoms with E-state index in [1.165, 1.54) is 6.92 Å². The van der Waals surface area contributed by atoms with Crippen LogP contribution in [0.15, 0.2) is 0 Å². The Kier molecular flexibility index (Phi) is 23.8. The highest BCUT2D eigenvalue weighted by Gasteiger charge is 2.27. The van der Waals surface area contributed by atoms with Crippen LogP contribution >= 0.6 is 0 Å². The molecule has 252 valence electrons. The van der Waals surface area contributed by atoms with E-state index in [4.69, 9.17) is 14.2 Å². The van der Waals surface area contributed by atoms with Crippen LogP contribution in [-0.4, -0.2) is 80.9 Å². The summed E-state index contributed by atoms with van der Waals surface area (Å²) in [6, 6.07) is 0. The normalized spacial score (nSPS) is 15.5. The van der Waals surface area contributed by atoms with Crippen LogP contribution in [0.3, 0.4) is 0 Å². The molecule has 43 heavy (non-hydrogen) atoms. The van der Waals surface area contributed by atoms with Gasteiger partial charge in [0.25, 0.3) is 0 Å². The van der Waals surface area contributed by atoms with Crippen molar-refractivity contribution in [3.63, 3.8) is 0 Å². The van der Waals surface area contributed by atoms with Crippen molar-refractivity contribution >= 4 is 23.9 Å². The Hall–Kier alpha value is -2.24. The number of carboxylic acids is 1. The maximum absolute atomic E-state index is 12.8. The minimum absolute atomic E-state index is 0.00980. The van der Waals surface area contributed by atoms with Crippen molar-refractivity contribution in [3.8, 4) is 0 Å². The quantitative estimate of drug-likeness (QED) is 0.0554. The van der Waals surface area contributed by atoms with Gasteiger partial charge in [-0.15, -0.1) is 0 Å². The van der Waals surface area contributed by atoms with Crippen molar-refractivity contribution in [2.75, 3.05) is 0 Å². The van der Waals surface area contributed by atoms with Crippen LogP contribution in [0.1, 0.15) is 143 Å². The number of ether oxygens (including phenoxy) is 3. The molecule has 0 heterocycles. The molecule has 0 aromatic carbocycles. The van der Waals surface area contributed by atoms with Gasteiger partial charge in [0.2, 0.25) is 0 Å². The lowest BCUT2D eigenvalue weighted by molar-refractivity contribution is -0.158. The molecule has 0 aliphatic heterocycles. The average Bonchev–Trinajstić information content (AvgIpc) is 2.87. The molecule has 0 radical (unpaired) electrons. The zero-order valence-electron chi connectivity index (χ0n) is 26.8. The lowest BCUT2D eigenvalue weighted by atomic mass is 10.0. The number of carbonyl (C=O) groups is 4. The fourth-order valence-electron chi connectivity index (χ4n) is 4.97. The van der Waals surface area contributed by atoms with Gasteiger partial charge in [-0.3, -0.25) is 19.2 Å². The van der Waals surface area contributed by atoms with Gasteiger partial charge in [0.15, 0.2) is 0 Å². The maximum atomic E-state index is 12.8. The fourth-order valence-corrected chi connectivity index (χ4v) is 4.97. The highest BCUT2D eigenvalue weighted by atomic mass is 16.6.